The van der Waals surface area contributed by atoms with Crippen LogP contribution in [0.1, 0.15) is 22.7 Å². The van der Waals surface area contributed by atoms with E-state index >= 15 is 0 Å². The minimum atomic E-state index is -0.410. The van der Waals surface area contributed by atoms with Crippen molar-refractivity contribution in [2.24, 2.45) is 4.99 Å². The van der Waals surface area contributed by atoms with Crippen LogP contribution in [0.25, 0.3) is 0 Å². The summed E-state index contributed by atoms with van der Waals surface area (Å²) in [6.45, 7) is 0. The SMILES string of the molecule is Fc1ccccc1C1=NC(c2ccccc2)C(=S)Nc2ccc(Cl)cc21. The molecule has 0 saturated carbocycles. The number of aliphatic imine (C=N–C) groups is 1. The fourth-order valence-corrected chi connectivity index (χ4v) is 3.48. The Morgan fingerprint density at radius 1 is 0.923 bits per heavy atom. The molecule has 0 aromatic heterocycles. The van der Waals surface area contributed by atoms with E-state index in [1.54, 1.807) is 30.3 Å². The largest absolute Gasteiger partial charge is 0.347 e. The van der Waals surface area contributed by atoms with Crippen LogP contribution in [-0.4, -0.2) is 10.7 Å². The van der Waals surface area contributed by atoms with Gasteiger partial charge in [0.15, 0.2) is 0 Å². The number of fused-ring (bicyclic) bond motifs is 1. The summed E-state index contributed by atoms with van der Waals surface area (Å²) < 4.78 is 14.6. The highest BCUT2D eigenvalue weighted by Crippen LogP contribution is 2.32. The zero-order valence-corrected chi connectivity index (χ0v) is 15.2. The van der Waals surface area contributed by atoms with Gasteiger partial charge >= 0.3 is 0 Å². The molecule has 0 spiro atoms. The summed E-state index contributed by atoms with van der Waals surface area (Å²) in [6.07, 6.45) is 0. The highest BCUT2D eigenvalue weighted by molar-refractivity contribution is 7.80. The average Bonchev–Trinajstić information content (AvgIpc) is 2.79. The van der Waals surface area contributed by atoms with Crippen molar-refractivity contribution >= 4 is 40.2 Å². The van der Waals surface area contributed by atoms with Gasteiger partial charge in [-0.2, -0.15) is 0 Å². The third-order valence-corrected chi connectivity index (χ3v) is 4.81. The van der Waals surface area contributed by atoms with Crippen LogP contribution in [0.2, 0.25) is 5.02 Å². The van der Waals surface area contributed by atoms with Crippen molar-refractivity contribution in [3.05, 3.63) is 100 Å². The number of benzodiazepines with no additional fused rings is 1. The van der Waals surface area contributed by atoms with Gasteiger partial charge in [0.25, 0.3) is 0 Å². The first-order valence-corrected chi connectivity index (χ1v) is 8.90. The highest BCUT2D eigenvalue weighted by Gasteiger charge is 2.25. The minimum Gasteiger partial charge on any atom is -0.347 e. The van der Waals surface area contributed by atoms with E-state index in [1.807, 2.05) is 36.4 Å². The number of halogens is 2. The van der Waals surface area contributed by atoms with Crippen molar-refractivity contribution in [2.75, 3.05) is 5.32 Å². The van der Waals surface area contributed by atoms with Gasteiger partial charge in [-0.3, -0.25) is 4.99 Å². The molecule has 128 valence electrons. The lowest BCUT2D eigenvalue weighted by atomic mass is 10.00. The van der Waals surface area contributed by atoms with E-state index in [0.717, 1.165) is 16.8 Å². The van der Waals surface area contributed by atoms with Gasteiger partial charge in [0.1, 0.15) is 16.8 Å². The molecule has 0 radical (unpaired) electrons. The molecule has 1 atom stereocenters. The van der Waals surface area contributed by atoms with Gasteiger partial charge in [-0.05, 0) is 35.9 Å². The third-order valence-electron chi connectivity index (χ3n) is 4.25. The Bertz CT molecular complexity index is 1020. The minimum absolute atomic E-state index is 0.336. The van der Waals surface area contributed by atoms with E-state index in [1.165, 1.54) is 6.07 Å². The molecule has 1 heterocycles. The molecule has 0 saturated heterocycles. The van der Waals surface area contributed by atoms with E-state index < -0.39 is 6.04 Å². The quantitative estimate of drug-likeness (QED) is 0.567. The number of nitrogens with zero attached hydrogens (tertiary/aromatic N) is 1. The predicted octanol–water partition coefficient (Wildman–Crippen LogP) is 5.81. The number of thiocarbonyl (C=S) groups is 1. The van der Waals surface area contributed by atoms with E-state index in [0.29, 0.717) is 21.3 Å². The van der Waals surface area contributed by atoms with Crippen LogP contribution in [0.15, 0.2) is 77.8 Å². The van der Waals surface area contributed by atoms with Gasteiger partial charge in [0.05, 0.1) is 5.71 Å². The normalized spacial score (nSPS) is 16.3. The predicted molar refractivity (Wildman–Crippen MR) is 109 cm³/mol. The summed E-state index contributed by atoms with van der Waals surface area (Å²) in [5.74, 6) is -0.336. The van der Waals surface area contributed by atoms with E-state index in [4.69, 9.17) is 28.8 Å². The Kier molecular flexibility index (Phi) is 4.53. The summed E-state index contributed by atoms with van der Waals surface area (Å²) in [7, 11) is 0. The molecule has 3 aromatic rings. The molecule has 3 aromatic carbocycles. The molecule has 1 aliphatic heterocycles. The second-order valence-corrected chi connectivity index (χ2v) is 6.83. The molecule has 0 amide bonds. The molecule has 0 bridgehead atoms. The molecule has 4 rings (SSSR count). The Balaban J connectivity index is 1.97. The maximum atomic E-state index is 14.6. The fraction of sp³-hybridized carbons (Fsp3) is 0.0476. The van der Waals surface area contributed by atoms with Crippen molar-refractivity contribution in [3.8, 4) is 0 Å². The van der Waals surface area contributed by atoms with E-state index in [-0.39, 0.29) is 5.82 Å². The highest BCUT2D eigenvalue weighted by atomic mass is 35.5. The zero-order chi connectivity index (χ0) is 18.1. The number of anilines is 1. The van der Waals surface area contributed by atoms with Gasteiger partial charge in [0.2, 0.25) is 0 Å². The lowest BCUT2D eigenvalue weighted by molar-refractivity contribution is 0.625. The van der Waals surface area contributed by atoms with Gasteiger partial charge in [-0.25, -0.2) is 4.39 Å². The number of benzene rings is 3. The molecule has 0 aliphatic carbocycles. The van der Waals surface area contributed by atoms with Gasteiger partial charge in [0, 0.05) is 21.8 Å². The molecule has 26 heavy (non-hydrogen) atoms. The summed E-state index contributed by atoms with van der Waals surface area (Å²) in [5, 5.41) is 3.81. The first kappa shape index (κ1) is 16.9. The lowest BCUT2D eigenvalue weighted by Crippen LogP contribution is -2.16. The molecular weight excluding hydrogens is 367 g/mol. The molecule has 1 aliphatic rings. The molecular formula is C21H14ClFN2S. The topological polar surface area (TPSA) is 24.4 Å². The van der Waals surface area contributed by atoms with E-state index in [9.17, 15) is 4.39 Å². The van der Waals surface area contributed by atoms with Gasteiger partial charge in [-0.1, -0.05) is 66.3 Å². The van der Waals surface area contributed by atoms with Crippen molar-refractivity contribution in [2.45, 2.75) is 6.04 Å². The van der Waals surface area contributed by atoms with Crippen molar-refractivity contribution in [1.82, 2.24) is 0 Å². The third kappa shape index (κ3) is 3.14. The van der Waals surface area contributed by atoms with Gasteiger partial charge in [-0.15, -0.1) is 0 Å². The fourth-order valence-electron chi connectivity index (χ4n) is 3.01. The monoisotopic (exact) mass is 380 g/mol. The van der Waals surface area contributed by atoms with E-state index in [2.05, 4.69) is 5.32 Å². The van der Waals surface area contributed by atoms with Crippen molar-refractivity contribution < 1.29 is 4.39 Å². The van der Waals surface area contributed by atoms with Crippen LogP contribution in [0, 0.1) is 5.82 Å². The summed E-state index contributed by atoms with van der Waals surface area (Å²) in [4.78, 5) is 5.42. The average molecular weight is 381 g/mol. The molecule has 2 nitrogen and oxygen atoms in total. The van der Waals surface area contributed by atoms with Crippen molar-refractivity contribution in [3.63, 3.8) is 0 Å². The number of hydrogen-bond acceptors (Lipinski definition) is 2. The van der Waals surface area contributed by atoms with Crippen molar-refractivity contribution in [1.29, 1.82) is 0 Å². The molecule has 1 unspecified atom stereocenters. The second kappa shape index (κ2) is 6.98. The second-order valence-electron chi connectivity index (χ2n) is 5.95. The smallest absolute Gasteiger partial charge is 0.132 e. The molecule has 5 heteroatoms. The van der Waals surface area contributed by atoms with Crippen LogP contribution in [-0.2, 0) is 0 Å². The first-order chi connectivity index (χ1) is 12.6. The maximum absolute atomic E-state index is 14.6. The maximum Gasteiger partial charge on any atom is 0.132 e. The first-order valence-electron chi connectivity index (χ1n) is 8.12. The standard InChI is InChI=1S/C21H14ClFN2S/c22-14-10-11-18-16(12-14)20(15-8-4-5-9-17(15)23)25-19(21(26)24-18)13-6-2-1-3-7-13/h1-12,19H,(H,24,26). The van der Waals surface area contributed by atoms with Crippen LogP contribution in [0.5, 0.6) is 0 Å². The summed E-state index contributed by atoms with van der Waals surface area (Å²) >= 11 is 11.8. The van der Waals surface area contributed by atoms with Crippen LogP contribution in [0.4, 0.5) is 10.1 Å². The number of hydrogen-bond donors (Lipinski definition) is 1. The summed E-state index contributed by atoms with van der Waals surface area (Å²) in [5.41, 5.74) is 3.38. The zero-order valence-electron chi connectivity index (χ0n) is 13.6. The van der Waals surface area contributed by atoms with Crippen LogP contribution < -0.4 is 5.32 Å². The summed E-state index contributed by atoms with van der Waals surface area (Å²) in [6, 6.07) is 21.3. The Morgan fingerprint density at radius 3 is 2.42 bits per heavy atom. The Hall–Kier alpha value is -2.56. The van der Waals surface area contributed by atoms with Crippen LogP contribution in [0.3, 0.4) is 0 Å². The van der Waals surface area contributed by atoms with Gasteiger partial charge < -0.3 is 5.32 Å². The van der Waals surface area contributed by atoms with Crippen LogP contribution >= 0.6 is 23.8 Å². The number of rotatable bonds is 2. The molecule has 0 fully saturated rings. The Labute approximate surface area is 161 Å². The lowest BCUT2D eigenvalue weighted by Gasteiger charge is -2.14. The Morgan fingerprint density at radius 2 is 1.65 bits per heavy atom. The number of nitrogens with one attached hydrogen (secondary N) is 1. The molecule has 1 N–H and O–H groups in total.